The molecular formula is C25H31N5O3. The summed E-state index contributed by atoms with van der Waals surface area (Å²) in [6, 6.07) is 11.2. The zero-order valence-corrected chi connectivity index (χ0v) is 19.6. The lowest BCUT2D eigenvalue weighted by Crippen LogP contribution is -2.32. The third-order valence-electron chi connectivity index (χ3n) is 6.12. The lowest BCUT2D eigenvalue weighted by molar-refractivity contribution is 0.154. The Hall–Kier alpha value is -3.39. The van der Waals surface area contributed by atoms with Gasteiger partial charge in [0.05, 0.1) is 19.2 Å². The Morgan fingerprint density at radius 2 is 1.82 bits per heavy atom. The Morgan fingerprint density at radius 1 is 1.09 bits per heavy atom. The van der Waals surface area contributed by atoms with Crippen molar-refractivity contribution in [3.63, 3.8) is 0 Å². The molecule has 1 aliphatic rings. The molecule has 0 unspecified atom stereocenters. The first-order valence-electron chi connectivity index (χ1n) is 11.2. The molecule has 2 aromatic carbocycles. The first kappa shape index (κ1) is 22.8. The van der Waals surface area contributed by atoms with Crippen molar-refractivity contribution in [1.29, 1.82) is 0 Å². The molecule has 8 nitrogen and oxygen atoms in total. The number of anilines is 2. The van der Waals surface area contributed by atoms with Gasteiger partial charge in [-0.1, -0.05) is 18.2 Å². The summed E-state index contributed by atoms with van der Waals surface area (Å²) < 4.78 is 11.3. The minimum absolute atomic E-state index is 0.258. The van der Waals surface area contributed by atoms with E-state index in [0.29, 0.717) is 35.0 Å². The number of likely N-dealkylation sites (tertiary alicyclic amines) is 1. The SMILES string of the molecule is COc1ccc2nc(OCC3CCN(C)CC3)nc(NC(=O)Nc3c(C)cccc3C)c2c1. The molecular weight excluding hydrogens is 418 g/mol. The largest absolute Gasteiger partial charge is 0.497 e. The Kier molecular flexibility index (Phi) is 6.93. The number of nitrogens with zero attached hydrogens (tertiary/aromatic N) is 3. The van der Waals surface area contributed by atoms with Gasteiger partial charge in [-0.05, 0) is 82.1 Å². The van der Waals surface area contributed by atoms with Gasteiger partial charge in [0.15, 0.2) is 0 Å². The Morgan fingerprint density at radius 3 is 2.52 bits per heavy atom. The van der Waals surface area contributed by atoms with Crippen molar-refractivity contribution in [3.05, 3.63) is 47.5 Å². The van der Waals surface area contributed by atoms with E-state index in [0.717, 1.165) is 42.7 Å². The Bertz CT molecular complexity index is 1120. The highest BCUT2D eigenvalue weighted by atomic mass is 16.5. The van der Waals surface area contributed by atoms with Crippen LogP contribution in [0.5, 0.6) is 11.8 Å². The van der Waals surface area contributed by atoms with Gasteiger partial charge in [-0.3, -0.25) is 5.32 Å². The Labute approximate surface area is 194 Å². The Balaban J connectivity index is 1.57. The predicted molar refractivity (Wildman–Crippen MR) is 130 cm³/mol. The standard InChI is InChI=1S/C25H31N5O3/c1-16-6-5-7-17(2)22(16)27-24(31)28-23-20-14-19(32-4)8-9-21(20)26-25(29-23)33-15-18-10-12-30(3)13-11-18/h5-9,14,18H,10-13,15H2,1-4H3,(H2,26,27,28,29,31). The molecule has 1 fully saturated rings. The third-order valence-corrected chi connectivity index (χ3v) is 6.12. The maximum Gasteiger partial charge on any atom is 0.324 e. The molecule has 174 valence electrons. The van der Waals surface area contributed by atoms with Crippen LogP contribution in [0.4, 0.5) is 16.3 Å². The molecule has 2 heterocycles. The fourth-order valence-corrected chi connectivity index (χ4v) is 4.06. The number of aromatic nitrogens is 2. The van der Waals surface area contributed by atoms with Gasteiger partial charge in [0.2, 0.25) is 0 Å². The van der Waals surface area contributed by atoms with Crippen LogP contribution >= 0.6 is 0 Å². The molecule has 1 saturated heterocycles. The minimum atomic E-state index is -0.378. The number of para-hydroxylation sites is 1. The number of carbonyl (C=O) groups excluding carboxylic acids is 1. The average molecular weight is 450 g/mol. The summed E-state index contributed by atoms with van der Waals surface area (Å²) in [7, 11) is 3.74. The number of hydrogen-bond acceptors (Lipinski definition) is 6. The summed E-state index contributed by atoms with van der Waals surface area (Å²) >= 11 is 0. The molecule has 0 radical (unpaired) electrons. The number of nitrogens with one attached hydrogen (secondary N) is 2. The maximum absolute atomic E-state index is 12.9. The van der Waals surface area contributed by atoms with Gasteiger partial charge in [0.25, 0.3) is 0 Å². The first-order valence-corrected chi connectivity index (χ1v) is 11.2. The van der Waals surface area contributed by atoms with E-state index in [2.05, 4.69) is 32.5 Å². The van der Waals surface area contributed by atoms with Crippen LogP contribution in [-0.2, 0) is 0 Å². The van der Waals surface area contributed by atoms with Gasteiger partial charge in [-0.15, -0.1) is 0 Å². The number of rotatable bonds is 6. The van der Waals surface area contributed by atoms with E-state index in [-0.39, 0.29) is 12.0 Å². The van der Waals surface area contributed by atoms with Crippen LogP contribution in [-0.4, -0.2) is 54.8 Å². The van der Waals surface area contributed by atoms with Crippen molar-refractivity contribution in [1.82, 2.24) is 14.9 Å². The molecule has 4 rings (SSSR count). The monoisotopic (exact) mass is 449 g/mol. The summed E-state index contributed by atoms with van der Waals surface area (Å²) in [6.45, 7) is 6.62. The van der Waals surface area contributed by atoms with Crippen LogP contribution in [0.1, 0.15) is 24.0 Å². The number of ether oxygens (including phenoxy) is 2. The van der Waals surface area contributed by atoms with Crippen LogP contribution in [0, 0.1) is 19.8 Å². The van der Waals surface area contributed by atoms with Gasteiger partial charge in [-0.25, -0.2) is 4.79 Å². The number of piperidine rings is 1. The number of urea groups is 1. The molecule has 3 aromatic rings. The summed E-state index contributed by atoms with van der Waals surface area (Å²) in [6.07, 6.45) is 2.18. The molecule has 33 heavy (non-hydrogen) atoms. The van der Waals surface area contributed by atoms with Crippen molar-refractivity contribution in [2.45, 2.75) is 26.7 Å². The fourth-order valence-electron chi connectivity index (χ4n) is 4.06. The van der Waals surface area contributed by atoms with Gasteiger partial charge in [-0.2, -0.15) is 9.97 Å². The quantitative estimate of drug-likeness (QED) is 0.571. The van der Waals surface area contributed by atoms with Crippen molar-refractivity contribution < 1.29 is 14.3 Å². The van der Waals surface area contributed by atoms with Crippen LogP contribution in [0.25, 0.3) is 10.9 Å². The van der Waals surface area contributed by atoms with E-state index in [1.807, 2.05) is 50.2 Å². The van der Waals surface area contributed by atoms with E-state index < -0.39 is 0 Å². The molecule has 1 aliphatic heterocycles. The zero-order chi connectivity index (χ0) is 23.4. The second kappa shape index (κ2) is 10.0. The average Bonchev–Trinajstić information content (AvgIpc) is 2.81. The molecule has 8 heteroatoms. The lowest BCUT2D eigenvalue weighted by atomic mass is 9.98. The smallest absolute Gasteiger partial charge is 0.324 e. The van der Waals surface area contributed by atoms with Gasteiger partial charge >= 0.3 is 12.0 Å². The minimum Gasteiger partial charge on any atom is -0.497 e. The van der Waals surface area contributed by atoms with E-state index in [1.165, 1.54) is 0 Å². The highest BCUT2D eigenvalue weighted by Gasteiger charge is 2.19. The van der Waals surface area contributed by atoms with Gasteiger partial charge < -0.3 is 19.7 Å². The second-order valence-electron chi connectivity index (χ2n) is 8.64. The number of carbonyl (C=O) groups is 1. The van der Waals surface area contributed by atoms with E-state index in [9.17, 15) is 4.79 Å². The molecule has 0 atom stereocenters. The van der Waals surface area contributed by atoms with Crippen molar-refractivity contribution in [3.8, 4) is 11.8 Å². The van der Waals surface area contributed by atoms with Gasteiger partial charge in [0.1, 0.15) is 11.6 Å². The van der Waals surface area contributed by atoms with Crippen molar-refractivity contribution in [2.24, 2.45) is 5.92 Å². The lowest BCUT2D eigenvalue weighted by Gasteiger charge is -2.28. The maximum atomic E-state index is 12.9. The fraction of sp³-hybridized carbons (Fsp3) is 0.400. The number of amides is 2. The number of benzene rings is 2. The highest BCUT2D eigenvalue weighted by molar-refractivity contribution is 6.05. The van der Waals surface area contributed by atoms with Gasteiger partial charge in [0, 0.05) is 11.1 Å². The van der Waals surface area contributed by atoms with Crippen LogP contribution in [0.15, 0.2) is 36.4 Å². The number of methoxy groups -OCH3 is 1. The molecule has 2 N–H and O–H groups in total. The normalized spacial score (nSPS) is 14.8. The first-order chi connectivity index (χ1) is 15.9. The van der Waals surface area contributed by atoms with E-state index >= 15 is 0 Å². The molecule has 0 spiro atoms. The van der Waals surface area contributed by atoms with Crippen molar-refractivity contribution in [2.75, 3.05) is 44.5 Å². The summed E-state index contributed by atoms with van der Waals surface area (Å²) in [5.41, 5.74) is 3.43. The molecule has 0 aliphatic carbocycles. The molecule has 0 saturated carbocycles. The van der Waals surface area contributed by atoms with Crippen LogP contribution in [0.2, 0.25) is 0 Å². The third kappa shape index (κ3) is 5.51. The summed E-state index contributed by atoms with van der Waals surface area (Å²) in [4.78, 5) is 24.3. The van der Waals surface area contributed by atoms with Crippen LogP contribution in [0.3, 0.4) is 0 Å². The molecule has 2 amide bonds. The highest BCUT2D eigenvalue weighted by Crippen LogP contribution is 2.28. The predicted octanol–water partition coefficient (Wildman–Crippen LogP) is 4.62. The number of fused-ring (bicyclic) bond motifs is 1. The molecule has 0 bridgehead atoms. The topological polar surface area (TPSA) is 88.6 Å². The van der Waals surface area contributed by atoms with E-state index in [4.69, 9.17) is 9.47 Å². The molecule has 1 aromatic heterocycles. The van der Waals surface area contributed by atoms with E-state index in [1.54, 1.807) is 7.11 Å². The summed E-state index contributed by atoms with van der Waals surface area (Å²) in [5.74, 6) is 1.51. The van der Waals surface area contributed by atoms with Crippen molar-refractivity contribution >= 4 is 28.4 Å². The summed E-state index contributed by atoms with van der Waals surface area (Å²) in [5, 5.41) is 6.50. The van der Waals surface area contributed by atoms with Crippen LogP contribution < -0.4 is 20.1 Å². The number of hydrogen-bond donors (Lipinski definition) is 2. The number of aryl methyl sites for hydroxylation is 2. The second-order valence-corrected chi connectivity index (χ2v) is 8.64. The zero-order valence-electron chi connectivity index (χ0n) is 19.6.